The number of amides is 1. The fourth-order valence-electron chi connectivity index (χ4n) is 3.04. The molecule has 0 heterocycles. The van der Waals surface area contributed by atoms with Gasteiger partial charge in [-0.3, -0.25) is 9.10 Å². The standard InChI is InChI=1S/C23H21Cl2N3O3S/c1-16-8-11-22(17(2)12-16)28(32(30,31)19-6-4-3-5-7-19)15-23(29)27-26-14-18-9-10-20(24)21(25)13-18/h3-14H,15H2,1-2H3,(H,27,29)/b26-14-. The van der Waals surface area contributed by atoms with Crippen molar-refractivity contribution < 1.29 is 13.2 Å². The Balaban J connectivity index is 1.86. The summed E-state index contributed by atoms with van der Waals surface area (Å²) >= 11 is 11.9. The second-order valence-corrected chi connectivity index (χ2v) is 9.76. The lowest BCUT2D eigenvalue weighted by atomic mass is 10.1. The lowest BCUT2D eigenvalue weighted by Crippen LogP contribution is -2.40. The van der Waals surface area contributed by atoms with Crippen LogP contribution in [0.5, 0.6) is 0 Å². The predicted octanol–water partition coefficient (Wildman–Crippen LogP) is 4.96. The number of anilines is 1. The molecule has 32 heavy (non-hydrogen) atoms. The maximum absolute atomic E-state index is 13.4. The molecule has 1 N–H and O–H groups in total. The van der Waals surface area contributed by atoms with Crippen LogP contribution < -0.4 is 9.73 Å². The van der Waals surface area contributed by atoms with E-state index < -0.39 is 22.5 Å². The number of hydrazone groups is 1. The Kier molecular flexibility index (Phi) is 7.56. The highest BCUT2D eigenvalue weighted by atomic mass is 35.5. The van der Waals surface area contributed by atoms with Gasteiger partial charge in [0.2, 0.25) is 0 Å². The lowest BCUT2D eigenvalue weighted by molar-refractivity contribution is -0.119. The van der Waals surface area contributed by atoms with Gasteiger partial charge in [-0.2, -0.15) is 5.10 Å². The van der Waals surface area contributed by atoms with Gasteiger partial charge in [0.1, 0.15) is 6.54 Å². The smallest absolute Gasteiger partial charge is 0.264 e. The summed E-state index contributed by atoms with van der Waals surface area (Å²) in [5.74, 6) is -0.596. The fourth-order valence-corrected chi connectivity index (χ4v) is 4.85. The van der Waals surface area contributed by atoms with Crippen molar-refractivity contribution in [3.63, 3.8) is 0 Å². The summed E-state index contributed by atoms with van der Waals surface area (Å²) in [6.45, 7) is 3.27. The van der Waals surface area contributed by atoms with Gasteiger partial charge in [0, 0.05) is 0 Å². The van der Waals surface area contributed by atoms with E-state index in [2.05, 4.69) is 10.5 Å². The molecule has 0 saturated carbocycles. The van der Waals surface area contributed by atoms with Crippen LogP contribution in [0, 0.1) is 13.8 Å². The van der Waals surface area contributed by atoms with Crippen LogP contribution in [0.1, 0.15) is 16.7 Å². The van der Waals surface area contributed by atoms with Crippen molar-refractivity contribution in [1.82, 2.24) is 5.43 Å². The van der Waals surface area contributed by atoms with E-state index in [1.54, 1.807) is 55.5 Å². The number of benzene rings is 3. The highest BCUT2D eigenvalue weighted by molar-refractivity contribution is 7.92. The van der Waals surface area contributed by atoms with E-state index in [1.807, 2.05) is 13.0 Å². The molecule has 0 unspecified atom stereocenters. The number of hydrogen-bond acceptors (Lipinski definition) is 4. The zero-order valence-corrected chi connectivity index (χ0v) is 19.7. The summed E-state index contributed by atoms with van der Waals surface area (Å²) in [5, 5.41) is 4.67. The number of carbonyl (C=O) groups excluding carboxylic acids is 1. The summed E-state index contributed by atoms with van der Waals surface area (Å²) in [5.41, 5.74) is 5.13. The maximum Gasteiger partial charge on any atom is 0.264 e. The van der Waals surface area contributed by atoms with E-state index in [0.29, 0.717) is 21.3 Å². The molecule has 9 heteroatoms. The first-order valence-electron chi connectivity index (χ1n) is 9.60. The number of sulfonamides is 1. The van der Waals surface area contributed by atoms with Gasteiger partial charge in [-0.15, -0.1) is 0 Å². The van der Waals surface area contributed by atoms with E-state index in [-0.39, 0.29) is 4.90 Å². The lowest BCUT2D eigenvalue weighted by Gasteiger charge is -2.25. The van der Waals surface area contributed by atoms with E-state index in [0.717, 1.165) is 15.4 Å². The number of rotatable bonds is 7. The van der Waals surface area contributed by atoms with Crippen LogP contribution in [-0.2, 0) is 14.8 Å². The predicted molar refractivity (Wildman–Crippen MR) is 129 cm³/mol. The van der Waals surface area contributed by atoms with Crippen molar-refractivity contribution in [2.45, 2.75) is 18.7 Å². The van der Waals surface area contributed by atoms with E-state index in [1.165, 1.54) is 18.3 Å². The zero-order chi connectivity index (χ0) is 23.3. The monoisotopic (exact) mass is 489 g/mol. The van der Waals surface area contributed by atoms with Gasteiger partial charge in [-0.25, -0.2) is 13.8 Å². The molecule has 0 atom stereocenters. The molecule has 6 nitrogen and oxygen atoms in total. The average molecular weight is 490 g/mol. The van der Waals surface area contributed by atoms with Gasteiger partial charge in [-0.1, -0.05) is 65.2 Å². The van der Waals surface area contributed by atoms with Crippen LogP contribution in [0.25, 0.3) is 0 Å². The number of nitrogens with zero attached hydrogens (tertiary/aromatic N) is 2. The minimum Gasteiger partial charge on any atom is -0.271 e. The van der Waals surface area contributed by atoms with Crippen LogP contribution in [0.15, 0.2) is 76.7 Å². The molecule has 0 fully saturated rings. The normalized spacial score (nSPS) is 11.5. The molecule has 3 rings (SSSR count). The first-order chi connectivity index (χ1) is 15.2. The SMILES string of the molecule is Cc1ccc(N(CC(=O)N/N=C\c2ccc(Cl)c(Cl)c2)S(=O)(=O)c2ccccc2)c(C)c1. The summed E-state index contributed by atoms with van der Waals surface area (Å²) in [6, 6.07) is 18.2. The zero-order valence-electron chi connectivity index (χ0n) is 17.4. The Morgan fingerprint density at radius 3 is 2.38 bits per heavy atom. The average Bonchev–Trinajstić information content (AvgIpc) is 2.75. The third-order valence-electron chi connectivity index (χ3n) is 4.59. The van der Waals surface area contributed by atoms with Crippen molar-refractivity contribution in [2.24, 2.45) is 5.10 Å². The molecule has 3 aromatic carbocycles. The van der Waals surface area contributed by atoms with Gasteiger partial charge in [0.25, 0.3) is 15.9 Å². The third kappa shape index (κ3) is 5.68. The molecule has 0 aromatic heterocycles. The molecule has 0 aliphatic rings. The number of aryl methyl sites for hydroxylation is 2. The van der Waals surface area contributed by atoms with Crippen molar-refractivity contribution in [1.29, 1.82) is 0 Å². The molecule has 0 aliphatic heterocycles. The largest absolute Gasteiger partial charge is 0.271 e. The molecule has 0 aliphatic carbocycles. The van der Waals surface area contributed by atoms with Crippen molar-refractivity contribution in [3.8, 4) is 0 Å². The van der Waals surface area contributed by atoms with Gasteiger partial charge in [0.05, 0.1) is 26.8 Å². The molecule has 1 amide bonds. The van der Waals surface area contributed by atoms with Crippen LogP contribution in [-0.4, -0.2) is 27.1 Å². The van der Waals surface area contributed by atoms with Crippen LogP contribution in [0.3, 0.4) is 0 Å². The topological polar surface area (TPSA) is 78.8 Å². The molecular formula is C23H21Cl2N3O3S. The third-order valence-corrected chi connectivity index (χ3v) is 7.10. The molecule has 0 radical (unpaired) electrons. The van der Waals surface area contributed by atoms with Gasteiger partial charge in [-0.05, 0) is 55.3 Å². The highest BCUT2D eigenvalue weighted by Gasteiger charge is 2.28. The second kappa shape index (κ2) is 10.2. The summed E-state index contributed by atoms with van der Waals surface area (Å²) in [7, 11) is -3.98. The van der Waals surface area contributed by atoms with Gasteiger partial charge in [0.15, 0.2) is 0 Å². The first kappa shape index (κ1) is 23.8. The summed E-state index contributed by atoms with van der Waals surface area (Å²) in [4.78, 5) is 12.7. The van der Waals surface area contributed by atoms with Crippen LogP contribution in [0.4, 0.5) is 5.69 Å². The molecule has 0 saturated heterocycles. The second-order valence-electron chi connectivity index (χ2n) is 7.08. The Morgan fingerprint density at radius 1 is 1.00 bits per heavy atom. The summed E-state index contributed by atoms with van der Waals surface area (Å²) in [6.07, 6.45) is 1.40. The first-order valence-corrected chi connectivity index (χ1v) is 11.8. The minimum absolute atomic E-state index is 0.0899. The quantitative estimate of drug-likeness (QED) is 0.376. The number of hydrogen-bond donors (Lipinski definition) is 1. The Bertz CT molecular complexity index is 1260. The minimum atomic E-state index is -3.98. The molecule has 3 aromatic rings. The van der Waals surface area contributed by atoms with Crippen molar-refractivity contribution >= 4 is 51.0 Å². The van der Waals surface area contributed by atoms with E-state index in [4.69, 9.17) is 23.2 Å². The highest BCUT2D eigenvalue weighted by Crippen LogP contribution is 2.27. The van der Waals surface area contributed by atoms with Gasteiger partial charge < -0.3 is 0 Å². The van der Waals surface area contributed by atoms with Gasteiger partial charge >= 0.3 is 0 Å². The molecule has 0 spiro atoms. The van der Waals surface area contributed by atoms with Crippen molar-refractivity contribution in [2.75, 3.05) is 10.8 Å². The molecule has 0 bridgehead atoms. The van der Waals surface area contributed by atoms with Crippen molar-refractivity contribution in [3.05, 3.63) is 93.5 Å². The Hall–Kier alpha value is -2.87. The Morgan fingerprint density at radius 2 is 1.72 bits per heavy atom. The van der Waals surface area contributed by atoms with E-state index >= 15 is 0 Å². The summed E-state index contributed by atoms with van der Waals surface area (Å²) < 4.78 is 27.8. The maximum atomic E-state index is 13.4. The van der Waals surface area contributed by atoms with Crippen LogP contribution >= 0.6 is 23.2 Å². The number of halogens is 2. The molecule has 166 valence electrons. The number of nitrogens with one attached hydrogen (secondary N) is 1. The fraction of sp³-hybridized carbons (Fsp3) is 0.130. The van der Waals surface area contributed by atoms with Crippen LogP contribution in [0.2, 0.25) is 10.0 Å². The van der Waals surface area contributed by atoms with E-state index in [9.17, 15) is 13.2 Å². The molecular weight excluding hydrogens is 469 g/mol. The Labute approximate surface area is 197 Å². The number of carbonyl (C=O) groups is 1.